The summed E-state index contributed by atoms with van der Waals surface area (Å²) in [4.78, 5) is 33.9. The standard InChI is InChI=1S/C22H20N4O4/c27-21(18-6-12-7-19-20(30-10-29-19)8-16(12)24-18)14-9-23-4-3-13(14)11-1-2-15-17(5-11)26-22(28)25-15/h1-2,5-8,13-14,23-24H,3-4,9-10H2,(H2,25,26,28). The SMILES string of the molecule is O=C(c1cc2cc3c(cc2[nH]1)OCO3)C1CNCCC1c1ccc2[nH]c(=O)[nH]c2c1. The molecule has 2 aromatic carbocycles. The smallest absolute Gasteiger partial charge is 0.323 e. The van der Waals surface area contributed by atoms with Crippen LogP contribution in [0.5, 0.6) is 11.5 Å². The Hall–Kier alpha value is -3.52. The largest absolute Gasteiger partial charge is 0.454 e. The lowest BCUT2D eigenvalue weighted by atomic mass is 9.78. The van der Waals surface area contributed by atoms with E-state index in [4.69, 9.17) is 9.47 Å². The number of piperidine rings is 1. The van der Waals surface area contributed by atoms with E-state index in [0.29, 0.717) is 23.7 Å². The normalized spacial score (nSPS) is 20.8. The topological polar surface area (TPSA) is 112 Å². The first-order valence-corrected chi connectivity index (χ1v) is 10.0. The summed E-state index contributed by atoms with van der Waals surface area (Å²) in [5.74, 6) is 1.34. The molecule has 8 heteroatoms. The van der Waals surface area contributed by atoms with E-state index >= 15 is 0 Å². The van der Waals surface area contributed by atoms with Crippen molar-refractivity contribution in [3.05, 3.63) is 58.1 Å². The van der Waals surface area contributed by atoms with Gasteiger partial charge in [0, 0.05) is 29.4 Å². The Kier molecular flexibility index (Phi) is 3.76. The van der Waals surface area contributed by atoms with Crippen LogP contribution in [0.1, 0.15) is 28.4 Å². The molecule has 0 aliphatic carbocycles. The number of aromatic nitrogens is 3. The maximum atomic E-state index is 13.5. The van der Waals surface area contributed by atoms with Gasteiger partial charge in [-0.15, -0.1) is 0 Å². The highest BCUT2D eigenvalue weighted by Gasteiger charge is 2.33. The predicted octanol–water partition coefficient (Wildman–Crippen LogP) is 2.64. The molecule has 4 N–H and O–H groups in total. The number of hydrogen-bond acceptors (Lipinski definition) is 5. The zero-order valence-corrected chi connectivity index (χ0v) is 16.1. The lowest BCUT2D eigenvalue weighted by Crippen LogP contribution is -2.39. The molecule has 1 saturated heterocycles. The van der Waals surface area contributed by atoms with Crippen molar-refractivity contribution in [1.82, 2.24) is 20.3 Å². The molecule has 2 aliphatic heterocycles. The van der Waals surface area contributed by atoms with E-state index in [9.17, 15) is 9.59 Å². The van der Waals surface area contributed by atoms with Crippen molar-refractivity contribution >= 4 is 27.7 Å². The number of carbonyl (C=O) groups excluding carboxylic acids is 1. The minimum Gasteiger partial charge on any atom is -0.454 e. The molecule has 152 valence electrons. The van der Waals surface area contributed by atoms with Gasteiger partial charge in [0.15, 0.2) is 17.3 Å². The fraction of sp³-hybridized carbons (Fsp3) is 0.273. The summed E-state index contributed by atoms with van der Waals surface area (Å²) in [6.07, 6.45) is 0.854. The predicted molar refractivity (Wildman–Crippen MR) is 111 cm³/mol. The second kappa shape index (κ2) is 6.50. The van der Waals surface area contributed by atoms with Crippen LogP contribution in [0.25, 0.3) is 21.9 Å². The van der Waals surface area contributed by atoms with Crippen LogP contribution in [0.2, 0.25) is 0 Å². The van der Waals surface area contributed by atoms with E-state index in [0.717, 1.165) is 40.5 Å². The Morgan fingerprint density at radius 3 is 2.67 bits per heavy atom. The number of benzene rings is 2. The Morgan fingerprint density at radius 2 is 1.77 bits per heavy atom. The molecule has 6 rings (SSSR count). The number of imidazole rings is 1. The molecule has 0 bridgehead atoms. The van der Waals surface area contributed by atoms with Crippen molar-refractivity contribution in [1.29, 1.82) is 0 Å². The van der Waals surface area contributed by atoms with Gasteiger partial charge < -0.3 is 29.7 Å². The minimum atomic E-state index is -0.224. The molecule has 0 saturated carbocycles. The zero-order valence-electron chi connectivity index (χ0n) is 16.1. The van der Waals surface area contributed by atoms with Gasteiger partial charge in [0.1, 0.15) is 0 Å². The molecule has 0 amide bonds. The van der Waals surface area contributed by atoms with Crippen molar-refractivity contribution in [2.24, 2.45) is 5.92 Å². The van der Waals surface area contributed by atoms with Gasteiger partial charge >= 0.3 is 5.69 Å². The number of ether oxygens (including phenoxy) is 2. The molecule has 8 nitrogen and oxygen atoms in total. The van der Waals surface area contributed by atoms with Gasteiger partial charge in [0.05, 0.1) is 16.7 Å². The van der Waals surface area contributed by atoms with Crippen molar-refractivity contribution in [2.45, 2.75) is 12.3 Å². The Morgan fingerprint density at radius 1 is 0.933 bits per heavy atom. The number of ketones is 1. The first kappa shape index (κ1) is 17.3. The number of H-pyrrole nitrogens is 3. The lowest BCUT2D eigenvalue weighted by Gasteiger charge is -2.31. The number of nitrogens with one attached hydrogen (secondary N) is 4. The van der Waals surface area contributed by atoms with E-state index in [1.807, 2.05) is 36.4 Å². The van der Waals surface area contributed by atoms with Crippen LogP contribution in [0.4, 0.5) is 0 Å². The van der Waals surface area contributed by atoms with Crippen LogP contribution in [0.15, 0.2) is 41.2 Å². The molecule has 0 radical (unpaired) electrons. The summed E-state index contributed by atoms with van der Waals surface area (Å²) in [7, 11) is 0. The number of rotatable bonds is 3. The number of hydrogen-bond donors (Lipinski definition) is 4. The van der Waals surface area contributed by atoms with E-state index in [-0.39, 0.29) is 30.1 Å². The molecule has 1 fully saturated rings. The van der Waals surface area contributed by atoms with Crippen LogP contribution < -0.4 is 20.5 Å². The van der Waals surface area contributed by atoms with Gasteiger partial charge in [-0.3, -0.25) is 4.79 Å². The summed E-state index contributed by atoms with van der Waals surface area (Å²) < 4.78 is 10.9. The van der Waals surface area contributed by atoms with Crippen LogP contribution in [-0.4, -0.2) is 40.6 Å². The molecule has 2 aromatic heterocycles. The highest BCUT2D eigenvalue weighted by Crippen LogP contribution is 2.38. The minimum absolute atomic E-state index is 0.0737. The van der Waals surface area contributed by atoms with Crippen LogP contribution in [0, 0.1) is 5.92 Å². The van der Waals surface area contributed by atoms with Gasteiger partial charge in [-0.1, -0.05) is 6.07 Å². The van der Waals surface area contributed by atoms with Gasteiger partial charge in [-0.25, -0.2) is 4.79 Å². The molecular formula is C22H20N4O4. The van der Waals surface area contributed by atoms with Crippen LogP contribution in [0.3, 0.4) is 0 Å². The average molecular weight is 404 g/mol. The fourth-order valence-corrected chi connectivity index (χ4v) is 4.67. The molecule has 4 aromatic rings. The highest BCUT2D eigenvalue weighted by molar-refractivity contribution is 6.02. The average Bonchev–Trinajstić information content (AvgIpc) is 3.47. The second-order valence-corrected chi connectivity index (χ2v) is 7.93. The van der Waals surface area contributed by atoms with Gasteiger partial charge in [0.2, 0.25) is 6.79 Å². The van der Waals surface area contributed by atoms with Crippen molar-refractivity contribution in [3.8, 4) is 11.5 Å². The summed E-state index contributed by atoms with van der Waals surface area (Å²) in [5.41, 5.74) is 3.82. The molecule has 2 atom stereocenters. The van der Waals surface area contributed by atoms with E-state index < -0.39 is 0 Å². The van der Waals surface area contributed by atoms with Crippen LogP contribution in [-0.2, 0) is 0 Å². The van der Waals surface area contributed by atoms with Crippen LogP contribution >= 0.6 is 0 Å². The summed E-state index contributed by atoms with van der Waals surface area (Å²) in [6.45, 7) is 1.69. The molecule has 30 heavy (non-hydrogen) atoms. The number of fused-ring (bicyclic) bond motifs is 3. The molecule has 0 spiro atoms. The zero-order chi connectivity index (χ0) is 20.2. The van der Waals surface area contributed by atoms with Crippen molar-refractivity contribution in [3.63, 3.8) is 0 Å². The van der Waals surface area contributed by atoms with Crippen molar-refractivity contribution in [2.75, 3.05) is 19.9 Å². The maximum absolute atomic E-state index is 13.5. The van der Waals surface area contributed by atoms with Crippen molar-refractivity contribution < 1.29 is 14.3 Å². The Labute approximate surface area is 170 Å². The second-order valence-electron chi connectivity index (χ2n) is 7.93. The lowest BCUT2D eigenvalue weighted by molar-refractivity contribution is 0.0876. The van der Waals surface area contributed by atoms with E-state index in [1.54, 1.807) is 0 Å². The number of aromatic amines is 3. The fourth-order valence-electron chi connectivity index (χ4n) is 4.67. The molecule has 2 aliphatic rings. The first-order chi connectivity index (χ1) is 14.7. The third-order valence-corrected chi connectivity index (χ3v) is 6.17. The molecular weight excluding hydrogens is 384 g/mol. The quantitative estimate of drug-likeness (QED) is 0.392. The maximum Gasteiger partial charge on any atom is 0.323 e. The highest BCUT2D eigenvalue weighted by atomic mass is 16.7. The summed E-state index contributed by atoms with van der Waals surface area (Å²) in [5, 5.41) is 4.28. The molecule has 4 heterocycles. The number of Topliss-reactive ketones (excluding diaryl/α,β-unsaturated/α-hetero) is 1. The summed E-state index contributed by atoms with van der Waals surface area (Å²) in [6, 6.07) is 11.6. The van der Waals surface area contributed by atoms with Gasteiger partial charge in [-0.05, 0) is 48.7 Å². The third-order valence-electron chi connectivity index (χ3n) is 6.17. The number of carbonyl (C=O) groups is 1. The Bertz CT molecular complexity index is 1310. The van der Waals surface area contributed by atoms with E-state index in [1.165, 1.54) is 0 Å². The molecule has 2 unspecified atom stereocenters. The van der Waals surface area contributed by atoms with E-state index in [2.05, 4.69) is 20.3 Å². The Balaban J connectivity index is 1.36. The first-order valence-electron chi connectivity index (χ1n) is 10.0. The summed E-state index contributed by atoms with van der Waals surface area (Å²) >= 11 is 0. The third kappa shape index (κ3) is 2.72. The van der Waals surface area contributed by atoms with Gasteiger partial charge in [0.25, 0.3) is 0 Å². The monoisotopic (exact) mass is 404 g/mol. The van der Waals surface area contributed by atoms with Gasteiger partial charge in [-0.2, -0.15) is 0 Å².